The van der Waals surface area contributed by atoms with Gasteiger partial charge >= 0.3 is 6.03 Å². The van der Waals surface area contributed by atoms with E-state index in [9.17, 15) is 14.7 Å². The standard InChI is InChI=1S/C24H38N4O4/c1-16-13-28(17(2)15-29)23(30)20-12-19(10-11-21(20)32-22(16)14-27(3)4)26-24(31)25-18-8-6-5-7-9-18/h10-12,16-18,22,29H,5-9,13-15H2,1-4H3,(H2,25,26,31)/t16-,17+,22+/m0/s1. The zero-order valence-electron chi connectivity index (χ0n) is 19.8. The fourth-order valence-corrected chi connectivity index (χ4v) is 4.48. The fourth-order valence-electron chi connectivity index (χ4n) is 4.48. The summed E-state index contributed by atoms with van der Waals surface area (Å²) in [4.78, 5) is 29.7. The Morgan fingerprint density at radius 2 is 2.00 bits per heavy atom. The van der Waals surface area contributed by atoms with Crippen LogP contribution in [-0.2, 0) is 0 Å². The molecule has 0 unspecified atom stereocenters. The molecular formula is C24H38N4O4. The van der Waals surface area contributed by atoms with Crippen molar-refractivity contribution in [3.8, 4) is 5.75 Å². The molecule has 1 aromatic carbocycles. The maximum absolute atomic E-state index is 13.4. The Morgan fingerprint density at radius 3 is 2.66 bits per heavy atom. The summed E-state index contributed by atoms with van der Waals surface area (Å²) in [5.41, 5.74) is 0.944. The number of amides is 3. The third-order valence-corrected chi connectivity index (χ3v) is 6.41. The van der Waals surface area contributed by atoms with E-state index in [0.29, 0.717) is 30.1 Å². The van der Waals surface area contributed by atoms with E-state index in [0.717, 1.165) is 25.7 Å². The average molecular weight is 447 g/mol. The summed E-state index contributed by atoms with van der Waals surface area (Å²) < 4.78 is 6.29. The molecule has 0 bridgehead atoms. The van der Waals surface area contributed by atoms with Crippen molar-refractivity contribution in [3.05, 3.63) is 23.8 Å². The van der Waals surface area contributed by atoms with Gasteiger partial charge in [-0.25, -0.2) is 4.79 Å². The number of likely N-dealkylation sites (N-methyl/N-ethyl adjacent to an activating group) is 1. The van der Waals surface area contributed by atoms with Crippen molar-refractivity contribution in [2.75, 3.05) is 39.1 Å². The zero-order valence-corrected chi connectivity index (χ0v) is 19.8. The van der Waals surface area contributed by atoms with Crippen LogP contribution in [0.4, 0.5) is 10.5 Å². The molecule has 1 aliphatic heterocycles. The van der Waals surface area contributed by atoms with Crippen molar-refractivity contribution in [3.63, 3.8) is 0 Å². The fraction of sp³-hybridized carbons (Fsp3) is 0.667. The maximum atomic E-state index is 13.4. The molecule has 1 heterocycles. The number of anilines is 1. The Balaban J connectivity index is 1.84. The molecule has 1 saturated carbocycles. The van der Waals surface area contributed by atoms with Crippen LogP contribution >= 0.6 is 0 Å². The molecule has 8 nitrogen and oxygen atoms in total. The molecule has 1 fully saturated rings. The highest BCUT2D eigenvalue weighted by Crippen LogP contribution is 2.30. The highest BCUT2D eigenvalue weighted by molar-refractivity contribution is 5.99. The topological polar surface area (TPSA) is 94.1 Å². The number of carbonyl (C=O) groups excluding carboxylic acids is 2. The van der Waals surface area contributed by atoms with Gasteiger partial charge in [0.25, 0.3) is 5.91 Å². The summed E-state index contributed by atoms with van der Waals surface area (Å²) in [5, 5.41) is 15.7. The van der Waals surface area contributed by atoms with Gasteiger partial charge in [0.2, 0.25) is 0 Å². The molecule has 0 radical (unpaired) electrons. The van der Waals surface area contributed by atoms with Gasteiger partial charge in [-0.3, -0.25) is 4.79 Å². The Hall–Kier alpha value is -2.32. The van der Waals surface area contributed by atoms with Crippen LogP contribution in [0.25, 0.3) is 0 Å². The molecule has 32 heavy (non-hydrogen) atoms. The minimum atomic E-state index is -0.317. The highest BCUT2D eigenvalue weighted by Gasteiger charge is 2.33. The predicted molar refractivity (Wildman–Crippen MR) is 125 cm³/mol. The molecule has 3 amide bonds. The number of hydrogen-bond acceptors (Lipinski definition) is 5. The van der Waals surface area contributed by atoms with Gasteiger partial charge in [0.15, 0.2) is 0 Å². The molecule has 3 rings (SSSR count). The summed E-state index contributed by atoms with van der Waals surface area (Å²) in [7, 11) is 3.99. The van der Waals surface area contributed by atoms with Crippen LogP contribution < -0.4 is 15.4 Å². The van der Waals surface area contributed by atoms with Crippen molar-refractivity contribution >= 4 is 17.6 Å². The molecule has 3 atom stereocenters. The number of urea groups is 1. The van der Waals surface area contributed by atoms with Gasteiger partial charge in [-0.05, 0) is 52.1 Å². The van der Waals surface area contributed by atoms with Gasteiger partial charge in [-0.2, -0.15) is 0 Å². The lowest BCUT2D eigenvalue weighted by Gasteiger charge is -2.37. The zero-order chi connectivity index (χ0) is 23.3. The Kier molecular flexibility index (Phi) is 8.37. The van der Waals surface area contributed by atoms with E-state index in [4.69, 9.17) is 4.74 Å². The minimum Gasteiger partial charge on any atom is -0.488 e. The van der Waals surface area contributed by atoms with Gasteiger partial charge in [0.1, 0.15) is 11.9 Å². The first kappa shape index (κ1) is 24.3. The van der Waals surface area contributed by atoms with E-state index in [1.807, 2.05) is 21.0 Å². The van der Waals surface area contributed by atoms with Gasteiger partial charge in [-0.15, -0.1) is 0 Å². The predicted octanol–water partition coefficient (Wildman–Crippen LogP) is 2.92. The number of hydrogen-bond donors (Lipinski definition) is 3. The molecule has 178 valence electrons. The van der Waals surface area contributed by atoms with Crippen molar-refractivity contribution in [1.29, 1.82) is 0 Å². The SMILES string of the molecule is C[C@H](CO)N1C[C@H](C)[C@@H](CN(C)C)Oc2ccc(NC(=O)NC3CCCCC3)cc2C1=O. The van der Waals surface area contributed by atoms with Crippen LogP contribution in [0.1, 0.15) is 56.3 Å². The summed E-state index contributed by atoms with van der Waals surface area (Å²) in [5.74, 6) is 0.386. The van der Waals surface area contributed by atoms with E-state index in [2.05, 4.69) is 22.5 Å². The second-order valence-electron chi connectivity index (χ2n) is 9.53. The van der Waals surface area contributed by atoms with Crippen molar-refractivity contribution < 1.29 is 19.4 Å². The number of carbonyl (C=O) groups is 2. The van der Waals surface area contributed by atoms with Crippen LogP contribution in [0.3, 0.4) is 0 Å². The van der Waals surface area contributed by atoms with Crippen LogP contribution in [0.2, 0.25) is 0 Å². The molecule has 1 aliphatic carbocycles. The van der Waals surface area contributed by atoms with Crippen molar-refractivity contribution in [1.82, 2.24) is 15.1 Å². The number of fused-ring (bicyclic) bond motifs is 1. The minimum absolute atomic E-state index is 0.0857. The summed E-state index contributed by atoms with van der Waals surface area (Å²) in [6.07, 6.45) is 5.40. The Morgan fingerprint density at radius 1 is 1.28 bits per heavy atom. The van der Waals surface area contributed by atoms with E-state index < -0.39 is 0 Å². The van der Waals surface area contributed by atoms with Gasteiger partial charge in [0.05, 0.1) is 18.2 Å². The molecule has 0 aromatic heterocycles. The molecule has 0 saturated heterocycles. The van der Waals surface area contributed by atoms with Gasteiger partial charge < -0.3 is 30.3 Å². The summed E-state index contributed by atoms with van der Waals surface area (Å²) in [6, 6.07) is 4.83. The molecule has 8 heteroatoms. The Bertz CT molecular complexity index is 794. The number of nitrogens with zero attached hydrogens (tertiary/aromatic N) is 2. The van der Waals surface area contributed by atoms with E-state index in [1.165, 1.54) is 6.42 Å². The van der Waals surface area contributed by atoms with Crippen molar-refractivity contribution in [2.45, 2.75) is 64.1 Å². The normalized spacial score (nSPS) is 23.1. The average Bonchev–Trinajstić information content (AvgIpc) is 2.76. The monoisotopic (exact) mass is 446 g/mol. The Labute approximate surface area is 191 Å². The first-order valence-corrected chi connectivity index (χ1v) is 11.7. The smallest absolute Gasteiger partial charge is 0.319 e. The second-order valence-corrected chi connectivity index (χ2v) is 9.53. The third-order valence-electron chi connectivity index (χ3n) is 6.41. The number of aliphatic hydroxyl groups is 1. The molecule has 3 N–H and O–H groups in total. The number of aliphatic hydroxyl groups excluding tert-OH is 1. The number of ether oxygens (including phenoxy) is 1. The van der Waals surface area contributed by atoms with E-state index in [-0.39, 0.29) is 42.7 Å². The molecule has 0 spiro atoms. The first-order chi connectivity index (χ1) is 15.3. The lowest BCUT2D eigenvalue weighted by Crippen LogP contribution is -2.49. The highest BCUT2D eigenvalue weighted by atomic mass is 16.5. The summed E-state index contributed by atoms with van der Waals surface area (Å²) in [6.45, 7) is 4.98. The largest absolute Gasteiger partial charge is 0.488 e. The lowest BCUT2D eigenvalue weighted by atomic mass is 9.96. The van der Waals surface area contributed by atoms with Gasteiger partial charge in [-0.1, -0.05) is 26.2 Å². The maximum Gasteiger partial charge on any atom is 0.319 e. The van der Waals surface area contributed by atoms with Gasteiger partial charge in [0, 0.05) is 30.7 Å². The van der Waals surface area contributed by atoms with Crippen LogP contribution in [0, 0.1) is 5.92 Å². The first-order valence-electron chi connectivity index (χ1n) is 11.7. The number of rotatable bonds is 6. The van der Waals surface area contributed by atoms with Crippen LogP contribution in [-0.4, -0.2) is 78.8 Å². The number of benzene rings is 1. The molecular weight excluding hydrogens is 408 g/mol. The van der Waals surface area contributed by atoms with Crippen LogP contribution in [0.15, 0.2) is 18.2 Å². The van der Waals surface area contributed by atoms with E-state index >= 15 is 0 Å². The van der Waals surface area contributed by atoms with E-state index in [1.54, 1.807) is 23.1 Å². The van der Waals surface area contributed by atoms with Crippen LogP contribution in [0.5, 0.6) is 5.75 Å². The lowest BCUT2D eigenvalue weighted by molar-refractivity contribution is 0.0363. The molecule has 2 aliphatic rings. The molecule has 1 aromatic rings. The second kappa shape index (κ2) is 11.0. The summed E-state index contributed by atoms with van der Waals surface area (Å²) >= 11 is 0. The third kappa shape index (κ3) is 6.13. The van der Waals surface area contributed by atoms with Crippen molar-refractivity contribution in [2.24, 2.45) is 5.92 Å². The quantitative estimate of drug-likeness (QED) is 0.625. The number of nitrogens with one attached hydrogen (secondary N) is 2.